The van der Waals surface area contributed by atoms with Crippen LogP contribution in [0.4, 0.5) is 35.4 Å². The van der Waals surface area contributed by atoms with Gasteiger partial charge in [0.1, 0.15) is 22.6 Å². The number of aromatic nitrogens is 3. The second-order valence-electron chi connectivity index (χ2n) is 7.79. The van der Waals surface area contributed by atoms with Crippen LogP contribution in [0, 0.1) is 20.2 Å². The second-order valence-corrected chi connectivity index (χ2v) is 9.21. The summed E-state index contributed by atoms with van der Waals surface area (Å²) in [6.45, 7) is 0. The highest BCUT2D eigenvalue weighted by Crippen LogP contribution is 2.45. The van der Waals surface area contributed by atoms with Crippen LogP contribution in [0.3, 0.4) is 0 Å². The maximum Gasteiger partial charge on any atom is 0.437 e. The number of hydrogen-bond acceptors (Lipinski definition) is 9. The summed E-state index contributed by atoms with van der Waals surface area (Å²) >= 11 is 7.17. The van der Waals surface area contributed by atoms with Gasteiger partial charge in [-0.2, -0.15) is 18.3 Å². The minimum atomic E-state index is -5.05. The van der Waals surface area contributed by atoms with Gasteiger partial charge in [-0.15, -0.1) is 10.2 Å². The molecule has 0 N–H and O–H groups in total. The fourth-order valence-corrected chi connectivity index (χ4v) is 4.80. The summed E-state index contributed by atoms with van der Waals surface area (Å²) in [5.41, 5.74) is -3.80. The third-order valence-electron chi connectivity index (χ3n) is 5.36. The van der Waals surface area contributed by atoms with Gasteiger partial charge in [0.15, 0.2) is 5.69 Å². The first kappa shape index (κ1) is 25.9. The Labute approximate surface area is 224 Å². The van der Waals surface area contributed by atoms with Crippen LogP contribution in [-0.4, -0.2) is 24.6 Å². The van der Waals surface area contributed by atoms with E-state index in [1.165, 1.54) is 12.1 Å². The molecule has 0 saturated heterocycles. The summed E-state index contributed by atoms with van der Waals surface area (Å²) in [6.07, 6.45) is -5.05. The van der Waals surface area contributed by atoms with E-state index in [-0.39, 0.29) is 16.4 Å². The lowest BCUT2D eigenvalue weighted by molar-refractivity contribution is -0.394. The molecule has 0 fully saturated rings. The number of hydrogen-bond donors (Lipinski definition) is 0. The average Bonchev–Trinajstić information content (AvgIpc) is 3.50. The lowest BCUT2D eigenvalue weighted by Crippen LogP contribution is -2.09. The van der Waals surface area contributed by atoms with E-state index in [2.05, 4.69) is 20.3 Å². The third kappa shape index (κ3) is 4.92. The van der Waals surface area contributed by atoms with Gasteiger partial charge in [-0.05, 0) is 18.2 Å². The molecule has 5 rings (SSSR count). The first-order valence-electron chi connectivity index (χ1n) is 10.7. The molecule has 0 unspecified atom stereocenters. The normalized spacial score (nSPS) is 11.9. The Hall–Kier alpha value is -4.76. The number of benzene rings is 3. The summed E-state index contributed by atoms with van der Waals surface area (Å²) in [6, 6.07) is 15.1. The number of alkyl halides is 3. The number of rotatable bonds is 6. The minimum absolute atomic E-state index is 0.0132. The lowest BCUT2D eigenvalue weighted by Gasteiger charge is -2.09. The van der Waals surface area contributed by atoms with Gasteiger partial charge in [0.2, 0.25) is 5.13 Å². The van der Waals surface area contributed by atoms with Crippen molar-refractivity contribution >= 4 is 55.3 Å². The van der Waals surface area contributed by atoms with Gasteiger partial charge in [-0.25, -0.2) is 9.67 Å². The van der Waals surface area contributed by atoms with Crippen molar-refractivity contribution in [2.45, 2.75) is 6.18 Å². The van der Waals surface area contributed by atoms with Crippen LogP contribution in [0.15, 0.2) is 77.0 Å². The van der Waals surface area contributed by atoms with E-state index in [9.17, 15) is 33.4 Å². The fraction of sp³-hybridized carbons (Fsp3) is 0.0435. The summed E-state index contributed by atoms with van der Waals surface area (Å²) in [4.78, 5) is 25.4. The number of non-ortho nitro benzene ring substituents is 1. The van der Waals surface area contributed by atoms with Crippen molar-refractivity contribution in [1.29, 1.82) is 0 Å². The Morgan fingerprint density at radius 3 is 2.33 bits per heavy atom. The molecule has 0 aliphatic rings. The van der Waals surface area contributed by atoms with Crippen molar-refractivity contribution in [3.63, 3.8) is 0 Å². The summed E-state index contributed by atoms with van der Waals surface area (Å²) in [7, 11) is 0. The number of nitro groups is 2. The first-order valence-corrected chi connectivity index (χ1v) is 11.9. The van der Waals surface area contributed by atoms with Gasteiger partial charge in [0.05, 0.1) is 25.6 Å². The highest BCUT2D eigenvalue weighted by atomic mass is 35.5. The molecule has 2 aromatic heterocycles. The molecule has 39 heavy (non-hydrogen) atoms. The number of nitrogens with zero attached hydrogens (tertiary/aromatic N) is 7. The highest BCUT2D eigenvalue weighted by molar-refractivity contribution is 7.22. The van der Waals surface area contributed by atoms with Crippen LogP contribution in [0.2, 0.25) is 5.02 Å². The molecule has 0 radical (unpaired) electrons. The van der Waals surface area contributed by atoms with Crippen molar-refractivity contribution < 1.29 is 23.0 Å². The molecular formula is C23H11ClF3N7O4S. The van der Waals surface area contributed by atoms with E-state index < -0.39 is 44.5 Å². The standard InChI is InChI=1S/C23H11ClF3N7O4S/c24-14-7-4-8-17-18(14)28-22(39-17)30-29-19-20(12-5-2-1-3-6-12)32(31-21(19)23(25,26)27)15-10-9-13(33(35)36)11-16(15)34(37)38/h1-11H. The topological polar surface area (TPSA) is 142 Å². The van der Waals surface area contributed by atoms with E-state index in [1.807, 2.05) is 0 Å². The molecular weight excluding hydrogens is 563 g/mol. The number of para-hydroxylation sites is 1. The van der Waals surface area contributed by atoms with Crippen LogP contribution in [0.25, 0.3) is 27.2 Å². The number of azo groups is 1. The maximum absolute atomic E-state index is 14.2. The Balaban J connectivity index is 1.78. The zero-order valence-corrected chi connectivity index (χ0v) is 20.6. The Morgan fingerprint density at radius 2 is 1.69 bits per heavy atom. The Morgan fingerprint density at radius 1 is 0.949 bits per heavy atom. The molecule has 3 aromatic carbocycles. The summed E-state index contributed by atoms with van der Waals surface area (Å²) in [5.74, 6) is 0. The van der Waals surface area contributed by atoms with Gasteiger partial charge in [0.25, 0.3) is 5.69 Å². The number of fused-ring (bicyclic) bond motifs is 1. The van der Waals surface area contributed by atoms with Crippen molar-refractivity contribution in [3.05, 3.63) is 97.7 Å². The molecule has 0 saturated carbocycles. The average molecular weight is 574 g/mol. The van der Waals surface area contributed by atoms with Gasteiger partial charge in [-0.3, -0.25) is 20.2 Å². The third-order valence-corrected chi connectivity index (χ3v) is 6.57. The fourth-order valence-electron chi connectivity index (χ4n) is 3.71. The van der Waals surface area contributed by atoms with E-state index in [0.717, 1.165) is 23.5 Å². The summed E-state index contributed by atoms with van der Waals surface area (Å²) < 4.78 is 44.0. The number of nitro benzene ring substituents is 2. The highest BCUT2D eigenvalue weighted by Gasteiger charge is 2.41. The van der Waals surface area contributed by atoms with Crippen LogP contribution in [0.1, 0.15) is 5.69 Å². The molecule has 0 spiro atoms. The van der Waals surface area contributed by atoms with E-state index in [4.69, 9.17) is 11.6 Å². The Kier molecular flexibility index (Phi) is 6.53. The molecule has 5 aromatic rings. The molecule has 0 aliphatic heterocycles. The Bertz CT molecular complexity index is 1790. The zero-order chi connectivity index (χ0) is 27.9. The first-order chi connectivity index (χ1) is 18.5. The van der Waals surface area contributed by atoms with Gasteiger partial charge in [0, 0.05) is 11.6 Å². The second kappa shape index (κ2) is 9.85. The van der Waals surface area contributed by atoms with E-state index in [0.29, 0.717) is 26.0 Å². The minimum Gasteiger partial charge on any atom is -0.258 e. The van der Waals surface area contributed by atoms with Gasteiger partial charge >= 0.3 is 11.9 Å². The largest absolute Gasteiger partial charge is 0.437 e. The smallest absolute Gasteiger partial charge is 0.258 e. The van der Waals surface area contributed by atoms with Crippen LogP contribution < -0.4 is 0 Å². The van der Waals surface area contributed by atoms with Crippen molar-refractivity contribution in [2.24, 2.45) is 10.2 Å². The monoisotopic (exact) mass is 573 g/mol. The predicted octanol–water partition coefficient (Wildman–Crippen LogP) is 8.05. The zero-order valence-electron chi connectivity index (χ0n) is 19.0. The van der Waals surface area contributed by atoms with Gasteiger partial charge in [-0.1, -0.05) is 59.3 Å². The molecule has 0 bridgehead atoms. The SMILES string of the molecule is O=[N+]([O-])c1ccc(-n2nc(C(F)(F)F)c(N=Nc3nc4c(Cl)cccc4s3)c2-c2ccccc2)c([N+](=O)[O-])c1. The lowest BCUT2D eigenvalue weighted by atomic mass is 10.1. The molecule has 2 heterocycles. The summed E-state index contributed by atoms with van der Waals surface area (Å²) in [5, 5.41) is 34.7. The van der Waals surface area contributed by atoms with Crippen LogP contribution in [0.5, 0.6) is 0 Å². The molecule has 0 amide bonds. The van der Waals surface area contributed by atoms with Crippen molar-refractivity contribution in [3.8, 4) is 16.9 Å². The molecule has 0 atom stereocenters. The molecule has 0 aliphatic carbocycles. The molecule has 11 nitrogen and oxygen atoms in total. The van der Waals surface area contributed by atoms with E-state index in [1.54, 1.807) is 36.4 Å². The van der Waals surface area contributed by atoms with Crippen molar-refractivity contribution in [1.82, 2.24) is 14.8 Å². The maximum atomic E-state index is 14.2. The molecule has 196 valence electrons. The van der Waals surface area contributed by atoms with E-state index >= 15 is 0 Å². The molecule has 16 heteroatoms. The van der Waals surface area contributed by atoms with Crippen molar-refractivity contribution in [2.75, 3.05) is 0 Å². The number of thiazole rings is 1. The predicted molar refractivity (Wildman–Crippen MR) is 136 cm³/mol. The van der Waals surface area contributed by atoms with Crippen LogP contribution >= 0.6 is 22.9 Å². The number of halogens is 4. The quantitative estimate of drug-likeness (QED) is 0.114. The van der Waals surface area contributed by atoms with Crippen LogP contribution in [-0.2, 0) is 6.18 Å². The van der Waals surface area contributed by atoms with Gasteiger partial charge < -0.3 is 0 Å².